The van der Waals surface area contributed by atoms with E-state index in [1.54, 1.807) is 26.2 Å². The summed E-state index contributed by atoms with van der Waals surface area (Å²) in [6.45, 7) is 5.32. The minimum atomic E-state index is -0.995. The van der Waals surface area contributed by atoms with Gasteiger partial charge in [0.15, 0.2) is 0 Å². The number of methoxy groups -OCH3 is 1. The average Bonchev–Trinajstić information content (AvgIpc) is 2.50. The van der Waals surface area contributed by atoms with Crippen LogP contribution in [0.25, 0.3) is 0 Å². The lowest BCUT2D eigenvalue weighted by atomic mass is 9.98. The molecule has 0 bridgehead atoms. The van der Waals surface area contributed by atoms with E-state index < -0.39 is 5.97 Å². The van der Waals surface area contributed by atoms with Crippen LogP contribution in [-0.2, 0) is 9.59 Å². The lowest BCUT2D eigenvalue weighted by molar-refractivity contribution is -0.146. The Bertz CT molecular complexity index is 484. The second-order valence-corrected chi connectivity index (χ2v) is 5.11. The summed E-state index contributed by atoms with van der Waals surface area (Å²) in [4.78, 5) is 25.0. The number of carbonyl (C=O) groups is 2. The van der Waals surface area contributed by atoms with Crippen molar-refractivity contribution < 1.29 is 19.4 Å². The van der Waals surface area contributed by atoms with Gasteiger partial charge in [-0.2, -0.15) is 0 Å². The number of nitrogens with zero attached hydrogens (tertiary/aromatic N) is 1. The first-order valence-electron chi connectivity index (χ1n) is 7.06. The van der Waals surface area contributed by atoms with Crippen LogP contribution in [0.2, 0.25) is 0 Å². The topological polar surface area (TPSA) is 66.8 Å². The van der Waals surface area contributed by atoms with Crippen molar-refractivity contribution in [3.8, 4) is 5.75 Å². The van der Waals surface area contributed by atoms with Gasteiger partial charge in [0.25, 0.3) is 0 Å². The van der Waals surface area contributed by atoms with Crippen LogP contribution in [0.4, 0.5) is 0 Å². The summed E-state index contributed by atoms with van der Waals surface area (Å²) in [5, 5.41) is 8.99. The fourth-order valence-electron chi connectivity index (χ4n) is 2.10. The van der Waals surface area contributed by atoms with E-state index in [2.05, 4.69) is 0 Å². The zero-order valence-electron chi connectivity index (χ0n) is 13.0. The number of carbonyl (C=O) groups excluding carboxylic acids is 1. The highest BCUT2D eigenvalue weighted by Crippen LogP contribution is 2.22. The average molecular weight is 293 g/mol. The van der Waals surface area contributed by atoms with Crippen LogP contribution in [0.1, 0.15) is 38.7 Å². The molecule has 5 nitrogen and oxygen atoms in total. The number of amides is 1. The fraction of sp³-hybridized carbons (Fsp3) is 0.500. The molecule has 21 heavy (non-hydrogen) atoms. The molecule has 0 saturated heterocycles. The molecule has 1 aromatic rings. The third-order valence-corrected chi connectivity index (χ3v) is 3.70. The zero-order valence-corrected chi connectivity index (χ0v) is 13.0. The predicted molar refractivity (Wildman–Crippen MR) is 80.5 cm³/mol. The van der Waals surface area contributed by atoms with Gasteiger partial charge in [0.2, 0.25) is 5.91 Å². The first kappa shape index (κ1) is 17.0. The van der Waals surface area contributed by atoms with Gasteiger partial charge in [0.1, 0.15) is 12.3 Å². The third kappa shape index (κ3) is 4.48. The minimum Gasteiger partial charge on any atom is -0.497 e. The van der Waals surface area contributed by atoms with Crippen LogP contribution in [0.15, 0.2) is 24.3 Å². The Morgan fingerprint density at radius 2 is 1.81 bits per heavy atom. The van der Waals surface area contributed by atoms with E-state index in [1.807, 2.05) is 26.0 Å². The molecule has 116 valence electrons. The summed E-state index contributed by atoms with van der Waals surface area (Å²) in [5.74, 6) is -0.825. The number of ether oxygens (including phenoxy) is 1. The predicted octanol–water partition coefficient (Wildman–Crippen LogP) is 2.51. The van der Waals surface area contributed by atoms with Crippen molar-refractivity contribution in [2.75, 3.05) is 13.7 Å². The summed E-state index contributed by atoms with van der Waals surface area (Å²) < 4.78 is 5.09. The molecule has 0 aliphatic rings. The molecule has 0 fully saturated rings. The number of carboxylic acids is 1. The highest BCUT2D eigenvalue weighted by atomic mass is 16.5. The van der Waals surface area contributed by atoms with Crippen molar-refractivity contribution in [3.63, 3.8) is 0 Å². The summed E-state index contributed by atoms with van der Waals surface area (Å²) >= 11 is 0. The van der Waals surface area contributed by atoms with Crippen molar-refractivity contribution in [1.82, 2.24) is 4.90 Å². The Balaban J connectivity index is 2.92. The first-order chi connectivity index (χ1) is 9.90. The van der Waals surface area contributed by atoms with Gasteiger partial charge < -0.3 is 14.7 Å². The molecule has 0 aromatic heterocycles. The molecule has 1 rings (SSSR count). The first-order valence-corrected chi connectivity index (χ1v) is 7.06. The number of rotatable bonds is 7. The smallest absolute Gasteiger partial charge is 0.323 e. The second-order valence-electron chi connectivity index (χ2n) is 5.11. The summed E-state index contributed by atoms with van der Waals surface area (Å²) in [7, 11) is 1.58. The van der Waals surface area contributed by atoms with Gasteiger partial charge >= 0.3 is 5.97 Å². The number of carboxylic acid groups (broad SMARTS) is 1. The summed E-state index contributed by atoms with van der Waals surface area (Å²) in [6.07, 6.45) is 0.717. The molecular weight excluding hydrogens is 270 g/mol. The van der Waals surface area contributed by atoms with Crippen LogP contribution >= 0.6 is 0 Å². The summed E-state index contributed by atoms with van der Waals surface area (Å²) in [5.41, 5.74) is 0.847. The van der Waals surface area contributed by atoms with Crippen molar-refractivity contribution in [2.24, 2.45) is 0 Å². The quantitative estimate of drug-likeness (QED) is 0.839. The van der Waals surface area contributed by atoms with Gasteiger partial charge in [-0.25, -0.2) is 0 Å². The Kier molecular flexibility index (Phi) is 6.21. The number of hydrogen-bond donors (Lipinski definition) is 1. The van der Waals surface area contributed by atoms with Gasteiger partial charge in [0.05, 0.1) is 13.0 Å². The van der Waals surface area contributed by atoms with Crippen molar-refractivity contribution in [3.05, 3.63) is 29.8 Å². The highest BCUT2D eigenvalue weighted by Gasteiger charge is 2.26. The molecule has 0 radical (unpaired) electrons. The fourth-order valence-corrected chi connectivity index (χ4v) is 2.10. The van der Waals surface area contributed by atoms with E-state index in [9.17, 15) is 9.59 Å². The number of benzene rings is 1. The SMILES string of the molecule is CCC(C)N(CC(=O)O)C(=O)C(C)c1ccc(OC)cc1. The maximum absolute atomic E-state index is 12.6. The van der Waals surface area contributed by atoms with Gasteiger partial charge in [-0.05, 0) is 38.0 Å². The van der Waals surface area contributed by atoms with E-state index in [0.29, 0.717) is 6.42 Å². The highest BCUT2D eigenvalue weighted by molar-refractivity contribution is 5.86. The molecule has 0 heterocycles. The largest absolute Gasteiger partial charge is 0.497 e. The van der Waals surface area contributed by atoms with Gasteiger partial charge in [-0.1, -0.05) is 19.1 Å². The van der Waals surface area contributed by atoms with E-state index in [4.69, 9.17) is 9.84 Å². The number of aliphatic carboxylic acids is 1. The van der Waals surface area contributed by atoms with Crippen LogP contribution in [0, 0.1) is 0 Å². The molecular formula is C16H23NO4. The molecule has 1 N–H and O–H groups in total. The van der Waals surface area contributed by atoms with E-state index in [1.165, 1.54) is 4.90 Å². The van der Waals surface area contributed by atoms with E-state index >= 15 is 0 Å². The third-order valence-electron chi connectivity index (χ3n) is 3.70. The number of hydrogen-bond acceptors (Lipinski definition) is 3. The van der Waals surface area contributed by atoms with Crippen LogP contribution < -0.4 is 4.74 Å². The normalized spacial score (nSPS) is 13.3. The Labute approximate surface area is 125 Å². The molecule has 0 aliphatic carbocycles. The monoisotopic (exact) mass is 293 g/mol. The molecule has 0 saturated carbocycles. The van der Waals surface area contributed by atoms with Crippen LogP contribution in [0.5, 0.6) is 5.75 Å². The van der Waals surface area contributed by atoms with Crippen molar-refractivity contribution in [2.45, 2.75) is 39.2 Å². The van der Waals surface area contributed by atoms with Crippen molar-refractivity contribution >= 4 is 11.9 Å². The molecule has 0 aliphatic heterocycles. The maximum atomic E-state index is 12.6. The van der Waals surface area contributed by atoms with Gasteiger partial charge in [0, 0.05) is 6.04 Å². The molecule has 2 atom stereocenters. The summed E-state index contributed by atoms with van der Waals surface area (Å²) in [6, 6.07) is 7.15. The zero-order chi connectivity index (χ0) is 16.0. The molecule has 0 spiro atoms. The van der Waals surface area contributed by atoms with Crippen LogP contribution in [-0.4, -0.2) is 41.6 Å². The second kappa shape index (κ2) is 7.67. The van der Waals surface area contributed by atoms with Crippen molar-refractivity contribution in [1.29, 1.82) is 0 Å². The Hall–Kier alpha value is -2.04. The molecule has 5 heteroatoms. The Morgan fingerprint density at radius 1 is 1.24 bits per heavy atom. The molecule has 2 unspecified atom stereocenters. The van der Waals surface area contributed by atoms with Crippen LogP contribution in [0.3, 0.4) is 0 Å². The molecule has 1 amide bonds. The van der Waals surface area contributed by atoms with Gasteiger partial charge in [-0.3, -0.25) is 9.59 Å². The molecule has 1 aromatic carbocycles. The minimum absolute atomic E-state index is 0.103. The standard InChI is InChI=1S/C16H23NO4/c1-5-11(2)17(10-15(18)19)16(20)12(3)13-6-8-14(21-4)9-7-13/h6-9,11-12H,5,10H2,1-4H3,(H,18,19). The van der Waals surface area contributed by atoms with E-state index in [0.717, 1.165) is 11.3 Å². The maximum Gasteiger partial charge on any atom is 0.323 e. The lowest BCUT2D eigenvalue weighted by Crippen LogP contribution is -2.43. The van der Waals surface area contributed by atoms with Gasteiger partial charge in [-0.15, -0.1) is 0 Å². The Morgan fingerprint density at radius 3 is 2.24 bits per heavy atom. The lowest BCUT2D eigenvalue weighted by Gasteiger charge is -2.29. The van der Waals surface area contributed by atoms with E-state index in [-0.39, 0.29) is 24.4 Å².